The largest absolute Gasteiger partial charge is 0.481 e. The van der Waals surface area contributed by atoms with E-state index in [4.69, 9.17) is 5.11 Å². The topological polar surface area (TPSA) is 100 Å². The standard InChI is InChI=1S/C23H20BrN3O4S/c24-15-7-5-14(6-8-15)18-11-9-16(10-12-22(29)30)27(18)26-21(28)13-20-23(31)25-17-3-1-2-4-19(17)32-20/h1-9,11,20H,10,12-13H2,(H,25,31)(H,26,28)(H,29,30)/t20-/m1/s1. The van der Waals surface area contributed by atoms with Gasteiger partial charge in [0.1, 0.15) is 0 Å². The van der Waals surface area contributed by atoms with Gasteiger partial charge in [-0.15, -0.1) is 11.8 Å². The first-order chi connectivity index (χ1) is 15.4. The van der Waals surface area contributed by atoms with Gasteiger partial charge in [0.05, 0.1) is 23.1 Å². The van der Waals surface area contributed by atoms with Crippen LogP contribution in [0.25, 0.3) is 11.3 Å². The number of hydrogen-bond acceptors (Lipinski definition) is 4. The molecule has 1 aromatic heterocycles. The molecule has 3 N–H and O–H groups in total. The highest BCUT2D eigenvalue weighted by molar-refractivity contribution is 9.10. The number of hydrogen-bond donors (Lipinski definition) is 3. The molecule has 9 heteroatoms. The number of fused-ring (bicyclic) bond motifs is 1. The number of amides is 2. The van der Waals surface area contributed by atoms with Crippen LogP contribution in [0.15, 0.2) is 70.0 Å². The van der Waals surface area contributed by atoms with Crippen LogP contribution in [0, 0.1) is 0 Å². The lowest BCUT2D eigenvalue weighted by molar-refractivity contribution is -0.137. The predicted molar refractivity (Wildman–Crippen MR) is 127 cm³/mol. The van der Waals surface area contributed by atoms with Crippen molar-refractivity contribution in [1.29, 1.82) is 0 Å². The molecular weight excluding hydrogens is 494 g/mol. The minimum atomic E-state index is -0.914. The zero-order valence-electron chi connectivity index (χ0n) is 16.9. The molecule has 0 bridgehead atoms. The summed E-state index contributed by atoms with van der Waals surface area (Å²) in [6.07, 6.45) is 0.191. The fraction of sp³-hybridized carbons (Fsp3) is 0.174. The van der Waals surface area contributed by atoms with Crippen molar-refractivity contribution in [3.63, 3.8) is 0 Å². The Kier molecular flexibility index (Phi) is 6.66. The number of aromatic nitrogens is 1. The number of carbonyl (C=O) groups excluding carboxylic acids is 2. The van der Waals surface area contributed by atoms with E-state index in [9.17, 15) is 14.4 Å². The number of halogens is 1. The molecule has 1 aliphatic heterocycles. The number of nitrogens with one attached hydrogen (secondary N) is 2. The van der Waals surface area contributed by atoms with E-state index in [1.165, 1.54) is 11.8 Å². The minimum Gasteiger partial charge on any atom is -0.481 e. The molecule has 1 aliphatic rings. The molecule has 1 atom stereocenters. The predicted octanol–water partition coefficient (Wildman–Crippen LogP) is 4.51. The Labute approximate surface area is 197 Å². The Bertz CT molecular complexity index is 1180. The van der Waals surface area contributed by atoms with Crippen molar-refractivity contribution in [3.8, 4) is 11.3 Å². The highest BCUT2D eigenvalue weighted by Crippen LogP contribution is 2.36. The van der Waals surface area contributed by atoms with E-state index in [0.29, 0.717) is 5.69 Å². The monoisotopic (exact) mass is 513 g/mol. The zero-order valence-corrected chi connectivity index (χ0v) is 19.3. The Morgan fingerprint density at radius 2 is 1.84 bits per heavy atom. The molecule has 0 radical (unpaired) electrons. The number of carboxylic acids is 1. The molecule has 2 heterocycles. The first-order valence-electron chi connectivity index (χ1n) is 9.95. The summed E-state index contributed by atoms with van der Waals surface area (Å²) in [7, 11) is 0. The van der Waals surface area contributed by atoms with E-state index < -0.39 is 11.2 Å². The second kappa shape index (κ2) is 9.62. The smallest absolute Gasteiger partial charge is 0.303 e. The van der Waals surface area contributed by atoms with Gasteiger partial charge in [0, 0.05) is 33.5 Å². The summed E-state index contributed by atoms with van der Waals surface area (Å²) in [5.41, 5.74) is 5.89. The average Bonchev–Trinajstić information content (AvgIpc) is 3.15. The second-order valence-electron chi connectivity index (χ2n) is 7.28. The molecular formula is C23H20BrN3O4S. The van der Waals surface area contributed by atoms with E-state index in [1.54, 1.807) is 10.7 Å². The number of para-hydroxylation sites is 1. The van der Waals surface area contributed by atoms with Crippen LogP contribution in [0.2, 0.25) is 0 Å². The number of thioether (sulfide) groups is 1. The number of aliphatic carboxylic acids is 1. The molecule has 7 nitrogen and oxygen atoms in total. The maximum Gasteiger partial charge on any atom is 0.303 e. The number of nitrogens with zero attached hydrogens (tertiary/aromatic N) is 1. The first-order valence-corrected chi connectivity index (χ1v) is 11.6. The van der Waals surface area contributed by atoms with Crippen molar-refractivity contribution in [1.82, 2.24) is 4.68 Å². The molecule has 4 rings (SSSR count). The quantitative estimate of drug-likeness (QED) is 0.431. The molecule has 3 aromatic rings. The van der Waals surface area contributed by atoms with Crippen LogP contribution in [-0.4, -0.2) is 32.8 Å². The summed E-state index contributed by atoms with van der Waals surface area (Å²) in [6.45, 7) is 0. The summed E-state index contributed by atoms with van der Waals surface area (Å²) >= 11 is 4.77. The fourth-order valence-electron chi connectivity index (χ4n) is 3.45. The molecule has 32 heavy (non-hydrogen) atoms. The van der Waals surface area contributed by atoms with Gasteiger partial charge in [-0.2, -0.15) is 0 Å². The lowest BCUT2D eigenvalue weighted by atomic mass is 10.2. The van der Waals surface area contributed by atoms with Crippen LogP contribution in [-0.2, 0) is 20.8 Å². The summed E-state index contributed by atoms with van der Waals surface area (Å²) in [6, 6.07) is 18.7. The Hall–Kier alpha value is -3.04. The van der Waals surface area contributed by atoms with Crippen LogP contribution < -0.4 is 10.7 Å². The number of anilines is 1. The fourth-order valence-corrected chi connectivity index (χ4v) is 4.83. The number of rotatable bonds is 7. The Morgan fingerprint density at radius 1 is 1.09 bits per heavy atom. The van der Waals surface area contributed by atoms with Gasteiger partial charge >= 0.3 is 5.97 Å². The van der Waals surface area contributed by atoms with E-state index >= 15 is 0 Å². The SMILES string of the molecule is O=C(O)CCc1ccc(-c2ccc(Br)cc2)n1NC(=O)C[C@H]1Sc2ccccc2NC1=O. The Balaban J connectivity index is 1.54. The molecule has 0 fully saturated rings. The number of aryl methyl sites for hydroxylation is 1. The van der Waals surface area contributed by atoms with Crippen molar-refractivity contribution in [2.45, 2.75) is 29.4 Å². The number of carbonyl (C=O) groups is 3. The normalized spacial score (nSPS) is 15.0. The van der Waals surface area contributed by atoms with Crippen LogP contribution in [0.1, 0.15) is 18.5 Å². The van der Waals surface area contributed by atoms with E-state index in [-0.39, 0.29) is 31.1 Å². The van der Waals surface area contributed by atoms with Crippen molar-refractivity contribution in [2.75, 3.05) is 10.7 Å². The van der Waals surface area contributed by atoms with Gasteiger partial charge in [-0.25, -0.2) is 0 Å². The highest BCUT2D eigenvalue weighted by atomic mass is 79.9. The molecule has 0 spiro atoms. The molecule has 164 valence electrons. The first kappa shape index (κ1) is 22.2. The summed E-state index contributed by atoms with van der Waals surface area (Å²) in [5, 5.41) is 11.4. The van der Waals surface area contributed by atoms with Crippen molar-refractivity contribution in [3.05, 3.63) is 70.8 Å². The van der Waals surface area contributed by atoms with Gasteiger partial charge in [0.2, 0.25) is 11.8 Å². The van der Waals surface area contributed by atoms with E-state index in [2.05, 4.69) is 26.7 Å². The molecule has 2 amide bonds. The van der Waals surface area contributed by atoms with Crippen LogP contribution in [0.3, 0.4) is 0 Å². The maximum atomic E-state index is 12.9. The maximum absolute atomic E-state index is 12.9. The lowest BCUT2D eigenvalue weighted by Gasteiger charge is -2.24. The third-order valence-corrected chi connectivity index (χ3v) is 6.81. The molecule has 0 aliphatic carbocycles. The third-order valence-electron chi connectivity index (χ3n) is 5.01. The van der Waals surface area contributed by atoms with E-state index in [1.807, 2.05) is 54.6 Å². The minimum absolute atomic E-state index is 0.0127. The summed E-state index contributed by atoms with van der Waals surface area (Å²) in [5.74, 6) is -1.46. The second-order valence-corrected chi connectivity index (χ2v) is 9.44. The lowest BCUT2D eigenvalue weighted by Crippen LogP contribution is -2.34. The van der Waals surface area contributed by atoms with Gasteiger partial charge in [-0.3, -0.25) is 24.5 Å². The third kappa shape index (κ3) is 5.05. The summed E-state index contributed by atoms with van der Waals surface area (Å²) in [4.78, 5) is 37.4. The van der Waals surface area contributed by atoms with Crippen molar-refractivity contribution in [2.24, 2.45) is 0 Å². The van der Waals surface area contributed by atoms with Crippen molar-refractivity contribution < 1.29 is 19.5 Å². The van der Waals surface area contributed by atoms with Gasteiger partial charge < -0.3 is 10.4 Å². The molecule has 0 saturated carbocycles. The zero-order chi connectivity index (χ0) is 22.7. The van der Waals surface area contributed by atoms with Crippen LogP contribution in [0.4, 0.5) is 5.69 Å². The van der Waals surface area contributed by atoms with E-state index in [0.717, 1.165) is 26.3 Å². The Morgan fingerprint density at radius 3 is 2.59 bits per heavy atom. The molecule has 0 unspecified atom stereocenters. The molecule has 0 saturated heterocycles. The number of benzene rings is 2. The van der Waals surface area contributed by atoms with Gasteiger partial charge in [-0.05, 0) is 36.4 Å². The van der Waals surface area contributed by atoms with Crippen LogP contribution in [0.5, 0.6) is 0 Å². The molecule has 2 aromatic carbocycles. The van der Waals surface area contributed by atoms with Gasteiger partial charge in [-0.1, -0.05) is 40.2 Å². The highest BCUT2D eigenvalue weighted by Gasteiger charge is 2.29. The number of carboxylic acid groups (broad SMARTS) is 1. The van der Waals surface area contributed by atoms with Crippen LogP contribution >= 0.6 is 27.7 Å². The van der Waals surface area contributed by atoms with Crippen molar-refractivity contribution >= 4 is 51.2 Å². The average molecular weight is 514 g/mol. The summed E-state index contributed by atoms with van der Waals surface area (Å²) < 4.78 is 2.54. The van der Waals surface area contributed by atoms with Gasteiger partial charge in [0.25, 0.3) is 0 Å². The van der Waals surface area contributed by atoms with Gasteiger partial charge in [0.15, 0.2) is 0 Å².